The summed E-state index contributed by atoms with van der Waals surface area (Å²) in [6.45, 7) is 1.15. The smallest absolute Gasteiger partial charge is 0.237 e. The Morgan fingerprint density at radius 3 is 2.82 bits per heavy atom. The lowest BCUT2D eigenvalue weighted by Gasteiger charge is -2.38. The van der Waals surface area contributed by atoms with Gasteiger partial charge in [0.15, 0.2) is 9.84 Å². The second-order valence-corrected chi connectivity index (χ2v) is 6.84. The molecule has 0 spiro atoms. The van der Waals surface area contributed by atoms with Crippen molar-refractivity contribution in [3.8, 4) is 0 Å². The SMILES string of the molecule is O=C1NCCN(C2CCS(=O)(=O)C2)C1CCO. The fourth-order valence-corrected chi connectivity index (χ4v) is 4.37. The van der Waals surface area contributed by atoms with Gasteiger partial charge in [0.2, 0.25) is 5.91 Å². The van der Waals surface area contributed by atoms with Crippen LogP contribution < -0.4 is 5.32 Å². The number of nitrogens with zero attached hydrogens (tertiary/aromatic N) is 1. The van der Waals surface area contributed by atoms with Crippen molar-refractivity contribution in [2.24, 2.45) is 0 Å². The van der Waals surface area contributed by atoms with Gasteiger partial charge in [0.05, 0.1) is 17.5 Å². The molecule has 2 saturated heterocycles. The second-order valence-electron chi connectivity index (χ2n) is 4.61. The van der Waals surface area contributed by atoms with Gasteiger partial charge in [-0.1, -0.05) is 0 Å². The topological polar surface area (TPSA) is 86.7 Å². The highest BCUT2D eigenvalue weighted by Gasteiger charge is 2.39. The van der Waals surface area contributed by atoms with Gasteiger partial charge in [-0.25, -0.2) is 8.42 Å². The summed E-state index contributed by atoms with van der Waals surface area (Å²) in [5, 5.41) is 11.7. The van der Waals surface area contributed by atoms with Crippen LogP contribution in [0.2, 0.25) is 0 Å². The summed E-state index contributed by atoms with van der Waals surface area (Å²) < 4.78 is 22.9. The average Bonchev–Trinajstić information content (AvgIpc) is 2.62. The van der Waals surface area contributed by atoms with Crippen molar-refractivity contribution in [2.45, 2.75) is 24.9 Å². The zero-order valence-corrected chi connectivity index (χ0v) is 10.4. The molecule has 0 aromatic heterocycles. The van der Waals surface area contributed by atoms with Gasteiger partial charge in [-0.15, -0.1) is 0 Å². The molecule has 0 bridgehead atoms. The molecule has 17 heavy (non-hydrogen) atoms. The van der Waals surface area contributed by atoms with E-state index in [0.29, 0.717) is 25.9 Å². The number of carbonyl (C=O) groups is 1. The van der Waals surface area contributed by atoms with Gasteiger partial charge in [0.25, 0.3) is 0 Å². The lowest BCUT2D eigenvalue weighted by atomic mass is 10.1. The summed E-state index contributed by atoms with van der Waals surface area (Å²) in [7, 11) is -2.94. The minimum atomic E-state index is -2.94. The summed E-state index contributed by atoms with van der Waals surface area (Å²) in [5.41, 5.74) is 0. The molecule has 1 amide bonds. The fraction of sp³-hybridized carbons (Fsp3) is 0.900. The number of amides is 1. The van der Waals surface area contributed by atoms with Gasteiger partial charge >= 0.3 is 0 Å². The predicted molar refractivity (Wildman–Crippen MR) is 62.3 cm³/mol. The highest BCUT2D eigenvalue weighted by Crippen LogP contribution is 2.22. The van der Waals surface area contributed by atoms with Crippen LogP contribution in [0, 0.1) is 0 Å². The van der Waals surface area contributed by atoms with Crippen molar-refractivity contribution < 1.29 is 18.3 Å². The normalized spacial score (nSPS) is 33.6. The first kappa shape index (κ1) is 12.8. The van der Waals surface area contributed by atoms with E-state index >= 15 is 0 Å². The summed E-state index contributed by atoms with van der Waals surface area (Å²) in [6, 6.07) is -0.449. The molecule has 0 saturated carbocycles. The van der Waals surface area contributed by atoms with Gasteiger partial charge in [-0.2, -0.15) is 0 Å². The number of aliphatic hydroxyl groups excluding tert-OH is 1. The Morgan fingerprint density at radius 2 is 2.24 bits per heavy atom. The molecule has 0 aromatic carbocycles. The monoisotopic (exact) mass is 262 g/mol. The Labute approximate surface area is 101 Å². The van der Waals surface area contributed by atoms with E-state index in [0.717, 1.165) is 0 Å². The van der Waals surface area contributed by atoms with Crippen LogP contribution in [0.4, 0.5) is 0 Å². The zero-order chi connectivity index (χ0) is 12.5. The highest BCUT2D eigenvalue weighted by molar-refractivity contribution is 7.91. The van der Waals surface area contributed by atoms with E-state index in [1.165, 1.54) is 0 Å². The molecule has 2 heterocycles. The van der Waals surface area contributed by atoms with E-state index in [2.05, 4.69) is 5.32 Å². The Hall–Kier alpha value is -0.660. The number of hydrogen-bond donors (Lipinski definition) is 2. The summed E-state index contributed by atoms with van der Waals surface area (Å²) in [5.74, 6) is 0.249. The molecular formula is C10H18N2O4S. The lowest BCUT2D eigenvalue weighted by molar-refractivity contribution is -0.130. The first-order valence-corrected chi connectivity index (χ1v) is 7.70. The molecule has 6 nitrogen and oxygen atoms in total. The third-order valence-electron chi connectivity index (χ3n) is 3.45. The van der Waals surface area contributed by atoms with E-state index in [9.17, 15) is 13.2 Å². The van der Waals surface area contributed by atoms with E-state index in [4.69, 9.17) is 5.11 Å². The minimum absolute atomic E-state index is 0.0615. The van der Waals surface area contributed by atoms with E-state index in [1.54, 1.807) is 0 Å². The van der Waals surface area contributed by atoms with E-state index in [-0.39, 0.29) is 36.1 Å². The van der Waals surface area contributed by atoms with Gasteiger partial charge < -0.3 is 10.4 Å². The van der Waals surface area contributed by atoms with Gasteiger partial charge in [-0.3, -0.25) is 9.69 Å². The van der Waals surface area contributed by atoms with Crippen LogP contribution in [0.1, 0.15) is 12.8 Å². The van der Waals surface area contributed by atoms with Gasteiger partial charge in [0, 0.05) is 25.7 Å². The van der Waals surface area contributed by atoms with Crippen molar-refractivity contribution >= 4 is 15.7 Å². The largest absolute Gasteiger partial charge is 0.396 e. The molecule has 2 fully saturated rings. The average molecular weight is 262 g/mol. The molecule has 98 valence electrons. The first-order chi connectivity index (χ1) is 8.03. The third-order valence-corrected chi connectivity index (χ3v) is 5.20. The predicted octanol–water partition coefficient (Wildman–Crippen LogP) is -1.64. The van der Waals surface area contributed by atoms with Crippen LogP contribution in [0.15, 0.2) is 0 Å². The van der Waals surface area contributed by atoms with Crippen LogP contribution in [-0.2, 0) is 14.6 Å². The number of carbonyl (C=O) groups excluding carboxylic acids is 1. The maximum absolute atomic E-state index is 11.7. The Bertz CT molecular complexity index is 395. The third kappa shape index (κ3) is 2.78. The molecule has 0 aromatic rings. The highest BCUT2D eigenvalue weighted by atomic mass is 32.2. The van der Waals surface area contributed by atoms with Crippen molar-refractivity contribution in [1.82, 2.24) is 10.2 Å². The molecule has 2 N–H and O–H groups in total. The Morgan fingerprint density at radius 1 is 1.47 bits per heavy atom. The fourth-order valence-electron chi connectivity index (χ4n) is 2.63. The van der Waals surface area contributed by atoms with Crippen molar-refractivity contribution in [2.75, 3.05) is 31.2 Å². The van der Waals surface area contributed by atoms with Crippen LogP contribution in [0.3, 0.4) is 0 Å². The zero-order valence-electron chi connectivity index (χ0n) is 9.63. The first-order valence-electron chi connectivity index (χ1n) is 5.88. The van der Waals surface area contributed by atoms with Gasteiger partial charge in [0.1, 0.15) is 0 Å². The molecule has 7 heteroatoms. The maximum Gasteiger partial charge on any atom is 0.237 e. The lowest BCUT2D eigenvalue weighted by Crippen LogP contribution is -2.59. The number of nitrogens with one attached hydrogen (secondary N) is 1. The number of rotatable bonds is 3. The maximum atomic E-state index is 11.7. The standard InChI is InChI=1S/C10H18N2O4S/c13-5-1-9-10(14)11-3-4-12(9)8-2-6-17(15,16)7-8/h8-9,13H,1-7H2,(H,11,14). The Balaban J connectivity index is 2.09. The number of sulfone groups is 1. The number of aliphatic hydroxyl groups is 1. The van der Waals surface area contributed by atoms with Gasteiger partial charge in [-0.05, 0) is 12.8 Å². The van der Waals surface area contributed by atoms with Crippen LogP contribution in [0.5, 0.6) is 0 Å². The van der Waals surface area contributed by atoms with Crippen molar-refractivity contribution in [3.63, 3.8) is 0 Å². The molecule has 2 atom stereocenters. The molecular weight excluding hydrogens is 244 g/mol. The number of hydrogen-bond acceptors (Lipinski definition) is 5. The summed E-state index contributed by atoms with van der Waals surface area (Å²) in [6.07, 6.45) is 0.958. The second kappa shape index (κ2) is 4.91. The quantitative estimate of drug-likeness (QED) is 0.637. The molecule has 2 aliphatic heterocycles. The molecule has 2 unspecified atom stereocenters. The van der Waals surface area contributed by atoms with Crippen molar-refractivity contribution in [1.29, 1.82) is 0 Å². The van der Waals surface area contributed by atoms with E-state index in [1.807, 2.05) is 4.90 Å². The van der Waals surface area contributed by atoms with Crippen LogP contribution in [-0.4, -0.2) is 67.6 Å². The Kier molecular flexibility index (Phi) is 3.70. The number of piperazine rings is 1. The van der Waals surface area contributed by atoms with Crippen LogP contribution >= 0.6 is 0 Å². The molecule has 0 aliphatic carbocycles. The molecule has 2 rings (SSSR count). The molecule has 0 radical (unpaired) electrons. The van der Waals surface area contributed by atoms with Crippen LogP contribution in [0.25, 0.3) is 0 Å². The van der Waals surface area contributed by atoms with E-state index < -0.39 is 9.84 Å². The molecule has 2 aliphatic rings. The minimum Gasteiger partial charge on any atom is -0.396 e. The summed E-state index contributed by atoms with van der Waals surface area (Å²) in [4.78, 5) is 13.6. The summed E-state index contributed by atoms with van der Waals surface area (Å²) >= 11 is 0. The van der Waals surface area contributed by atoms with Crippen molar-refractivity contribution in [3.05, 3.63) is 0 Å².